The van der Waals surface area contributed by atoms with Crippen molar-refractivity contribution < 1.29 is 47.2 Å². The molecule has 4 aliphatic rings. The Morgan fingerprint density at radius 1 is 1.09 bits per heavy atom. The van der Waals surface area contributed by atoms with Gasteiger partial charge in [0.15, 0.2) is 23.0 Å². The molecule has 2 atom stereocenters. The molecule has 2 aromatic carbocycles. The minimum absolute atomic E-state index is 0.0840. The van der Waals surface area contributed by atoms with Crippen molar-refractivity contribution in [1.82, 2.24) is 10.3 Å². The topological polar surface area (TPSA) is 151 Å². The predicted molar refractivity (Wildman–Crippen MR) is 154 cm³/mol. The lowest BCUT2D eigenvalue weighted by Gasteiger charge is -2.30. The van der Waals surface area contributed by atoms with Crippen LogP contribution in [0, 0.1) is 5.92 Å². The van der Waals surface area contributed by atoms with E-state index in [4.69, 9.17) is 24.9 Å². The summed E-state index contributed by atoms with van der Waals surface area (Å²) < 4.78 is 53.9. The first-order valence-electron chi connectivity index (χ1n) is 14.6. The van der Waals surface area contributed by atoms with Crippen molar-refractivity contribution in [3.05, 3.63) is 59.3 Å². The van der Waals surface area contributed by atoms with Crippen molar-refractivity contribution in [2.24, 2.45) is 11.7 Å². The van der Waals surface area contributed by atoms with Crippen molar-refractivity contribution in [3.8, 4) is 40.0 Å². The Kier molecular flexibility index (Phi) is 6.59. The molecule has 11 nitrogen and oxygen atoms in total. The Bertz CT molecular complexity index is 1730. The number of hydrogen-bond acceptors (Lipinski definition) is 9. The number of nitrogens with zero attached hydrogens (tertiary/aromatic N) is 1. The standard InChI is InChI=1S/C32H31F2N3O8/c1-30(29(35)39)15-42-27-20(30)13-25(37-26(27)16-3-10-22-24(11-16)45-32(33,34)44-22)31(40,18-5-6-18)14-36-28(38)17-4-9-21(23(12-17)41-2)43-19-7-8-19/h3-4,9-13,18-19,40H,5-8,14-15H2,1-2H3,(H2,35,39)(H,36,38)/t30-,31?/m0/s1. The number of hydrogen-bond donors (Lipinski definition) is 3. The third kappa shape index (κ3) is 5.14. The number of nitrogens with one attached hydrogen (secondary N) is 1. The molecule has 0 spiro atoms. The molecule has 45 heavy (non-hydrogen) atoms. The fourth-order valence-corrected chi connectivity index (χ4v) is 5.69. The zero-order valence-electron chi connectivity index (χ0n) is 24.5. The summed E-state index contributed by atoms with van der Waals surface area (Å²) in [5.41, 5.74) is 4.27. The summed E-state index contributed by atoms with van der Waals surface area (Å²) >= 11 is 0. The first kappa shape index (κ1) is 29.1. The fourth-order valence-electron chi connectivity index (χ4n) is 5.69. The molecule has 7 rings (SSSR count). The van der Waals surface area contributed by atoms with Crippen LogP contribution < -0.4 is 34.7 Å². The minimum atomic E-state index is -3.82. The Labute approximate surface area is 256 Å². The summed E-state index contributed by atoms with van der Waals surface area (Å²) in [7, 11) is 1.50. The van der Waals surface area contributed by atoms with Gasteiger partial charge in [-0.2, -0.15) is 0 Å². The van der Waals surface area contributed by atoms with Crippen molar-refractivity contribution in [1.29, 1.82) is 0 Å². The molecule has 236 valence electrons. The van der Waals surface area contributed by atoms with E-state index in [-0.39, 0.29) is 53.8 Å². The highest BCUT2D eigenvalue weighted by atomic mass is 19.3. The van der Waals surface area contributed by atoms with Gasteiger partial charge >= 0.3 is 6.29 Å². The first-order chi connectivity index (χ1) is 21.4. The SMILES string of the molecule is COc1cc(C(=O)NCC(O)(c2cc3c(c(-c4ccc5c(c4)OC(F)(F)O5)n2)OC[C@]3(C)C(N)=O)C2CC2)ccc1OC1CC1. The molecule has 2 aliphatic heterocycles. The number of ether oxygens (including phenoxy) is 5. The van der Waals surface area contributed by atoms with Crippen LogP contribution in [-0.2, 0) is 15.8 Å². The number of aliphatic hydroxyl groups is 1. The summed E-state index contributed by atoms with van der Waals surface area (Å²) in [4.78, 5) is 30.7. The molecule has 3 aromatic rings. The molecule has 0 saturated heterocycles. The number of aromatic nitrogens is 1. The van der Waals surface area contributed by atoms with E-state index in [0.717, 1.165) is 12.8 Å². The van der Waals surface area contributed by atoms with E-state index in [1.54, 1.807) is 31.2 Å². The molecule has 2 saturated carbocycles. The van der Waals surface area contributed by atoms with Gasteiger partial charge in [0, 0.05) is 16.7 Å². The lowest BCUT2D eigenvalue weighted by Crippen LogP contribution is -2.44. The Morgan fingerprint density at radius 2 is 1.84 bits per heavy atom. The van der Waals surface area contributed by atoms with Crippen LogP contribution in [-0.4, -0.2) is 54.6 Å². The number of benzene rings is 2. The van der Waals surface area contributed by atoms with Crippen LogP contribution in [0.2, 0.25) is 0 Å². The second kappa shape index (κ2) is 10.2. The summed E-state index contributed by atoms with van der Waals surface area (Å²) in [5.74, 6) is -0.513. The number of rotatable bonds is 10. The van der Waals surface area contributed by atoms with Gasteiger partial charge in [0.05, 0.1) is 25.5 Å². The zero-order valence-corrected chi connectivity index (χ0v) is 24.5. The van der Waals surface area contributed by atoms with Gasteiger partial charge in [-0.3, -0.25) is 9.59 Å². The maximum atomic E-state index is 13.8. The Hall–Kier alpha value is -4.65. The van der Waals surface area contributed by atoms with Gasteiger partial charge in [-0.25, -0.2) is 4.98 Å². The van der Waals surface area contributed by atoms with Gasteiger partial charge in [0.25, 0.3) is 5.91 Å². The second-order valence-corrected chi connectivity index (χ2v) is 12.1. The van der Waals surface area contributed by atoms with E-state index >= 15 is 0 Å². The number of fused-ring (bicyclic) bond motifs is 2. The average molecular weight is 624 g/mol. The van der Waals surface area contributed by atoms with E-state index in [1.165, 1.54) is 25.3 Å². The zero-order chi connectivity index (χ0) is 31.7. The number of pyridine rings is 1. The summed E-state index contributed by atoms with van der Waals surface area (Å²) in [6.45, 7) is 1.34. The lowest BCUT2D eigenvalue weighted by atomic mass is 9.81. The molecule has 0 bridgehead atoms. The van der Waals surface area contributed by atoms with Gasteiger partial charge in [-0.05, 0) is 81.0 Å². The van der Waals surface area contributed by atoms with Crippen LogP contribution in [0.15, 0.2) is 42.5 Å². The molecule has 4 N–H and O–H groups in total. The van der Waals surface area contributed by atoms with Gasteiger partial charge in [-0.15, -0.1) is 8.78 Å². The number of carbonyl (C=O) groups is 2. The second-order valence-electron chi connectivity index (χ2n) is 12.1. The van der Waals surface area contributed by atoms with E-state index in [9.17, 15) is 23.5 Å². The van der Waals surface area contributed by atoms with Crippen LogP contribution >= 0.6 is 0 Å². The quantitative estimate of drug-likeness (QED) is 0.307. The maximum absolute atomic E-state index is 13.8. The van der Waals surface area contributed by atoms with Crippen LogP contribution in [0.1, 0.15) is 54.2 Å². The van der Waals surface area contributed by atoms with E-state index in [2.05, 4.69) is 14.8 Å². The molecule has 1 unspecified atom stereocenters. The molecule has 1 aromatic heterocycles. The third-order valence-corrected chi connectivity index (χ3v) is 8.75. The van der Waals surface area contributed by atoms with Crippen molar-refractivity contribution in [2.45, 2.75) is 56.0 Å². The van der Waals surface area contributed by atoms with E-state index in [1.807, 2.05) is 0 Å². The number of alkyl halides is 2. The van der Waals surface area contributed by atoms with Gasteiger partial charge < -0.3 is 39.8 Å². The van der Waals surface area contributed by atoms with Crippen LogP contribution in [0.5, 0.6) is 28.7 Å². The minimum Gasteiger partial charge on any atom is -0.493 e. The molecule has 2 fully saturated rings. The number of halogens is 2. The molecule has 2 aliphatic carbocycles. The lowest BCUT2D eigenvalue weighted by molar-refractivity contribution is -0.286. The van der Waals surface area contributed by atoms with Crippen LogP contribution in [0.4, 0.5) is 8.78 Å². The normalized spacial score (nSPS) is 22.2. The van der Waals surface area contributed by atoms with Gasteiger partial charge in [0.1, 0.15) is 29.1 Å². The smallest absolute Gasteiger partial charge is 0.493 e. The number of amides is 2. The molecule has 3 heterocycles. The first-order valence-corrected chi connectivity index (χ1v) is 14.6. The highest BCUT2D eigenvalue weighted by Gasteiger charge is 2.50. The monoisotopic (exact) mass is 623 g/mol. The van der Waals surface area contributed by atoms with E-state index in [0.29, 0.717) is 41.0 Å². The highest BCUT2D eigenvalue weighted by molar-refractivity contribution is 5.95. The molecular formula is C32H31F2N3O8. The van der Waals surface area contributed by atoms with Gasteiger partial charge in [-0.1, -0.05) is 0 Å². The largest absolute Gasteiger partial charge is 0.586 e. The number of primary amides is 1. The maximum Gasteiger partial charge on any atom is 0.586 e. The van der Waals surface area contributed by atoms with Crippen molar-refractivity contribution in [2.75, 3.05) is 20.3 Å². The average Bonchev–Trinajstić information content (AvgIpc) is 3.95. The van der Waals surface area contributed by atoms with Gasteiger partial charge in [0.2, 0.25) is 5.91 Å². The predicted octanol–water partition coefficient (Wildman–Crippen LogP) is 3.78. The molecular weight excluding hydrogens is 592 g/mol. The molecule has 2 amide bonds. The van der Waals surface area contributed by atoms with Crippen molar-refractivity contribution >= 4 is 11.8 Å². The summed E-state index contributed by atoms with van der Waals surface area (Å²) in [6, 6.07) is 10.6. The third-order valence-electron chi connectivity index (χ3n) is 8.75. The number of nitrogens with two attached hydrogens (primary N) is 1. The van der Waals surface area contributed by atoms with Crippen molar-refractivity contribution in [3.63, 3.8) is 0 Å². The Morgan fingerprint density at radius 3 is 2.53 bits per heavy atom. The number of methoxy groups -OCH3 is 1. The summed E-state index contributed by atoms with van der Waals surface area (Å²) in [5, 5.41) is 15.0. The molecule has 0 radical (unpaired) electrons. The number of carbonyl (C=O) groups excluding carboxylic acids is 2. The molecule has 13 heteroatoms. The van der Waals surface area contributed by atoms with Crippen LogP contribution in [0.3, 0.4) is 0 Å². The summed E-state index contributed by atoms with van der Waals surface area (Å²) in [6.07, 6.45) is -0.387. The Balaban J connectivity index is 1.24. The van der Waals surface area contributed by atoms with E-state index < -0.39 is 29.1 Å². The van der Waals surface area contributed by atoms with Crippen LogP contribution in [0.25, 0.3) is 11.3 Å². The highest BCUT2D eigenvalue weighted by Crippen LogP contribution is 2.51. The fraction of sp³-hybridized carbons (Fsp3) is 0.406.